The zero-order valence-electron chi connectivity index (χ0n) is 15.3. The second kappa shape index (κ2) is 9.89. The van der Waals surface area contributed by atoms with Crippen LogP contribution in [0.4, 0.5) is 0 Å². The Bertz CT molecular complexity index is 642. The highest BCUT2D eigenvalue weighted by Gasteiger charge is 2.35. The Morgan fingerprint density at radius 2 is 1.80 bits per heavy atom. The fourth-order valence-electron chi connectivity index (χ4n) is 2.66. The van der Waals surface area contributed by atoms with Gasteiger partial charge in [-0.1, -0.05) is 32.9 Å². The van der Waals surface area contributed by atoms with Crippen molar-refractivity contribution in [2.75, 3.05) is 13.1 Å². The normalized spacial score (nSPS) is 13.4. The molecule has 0 radical (unpaired) electrons. The summed E-state index contributed by atoms with van der Waals surface area (Å²) in [7, 11) is -3.88. The van der Waals surface area contributed by atoms with Crippen molar-refractivity contribution in [3.05, 3.63) is 29.8 Å². The van der Waals surface area contributed by atoms with Gasteiger partial charge >= 0.3 is 5.97 Å². The first-order valence-electron chi connectivity index (χ1n) is 8.77. The molecule has 1 aromatic rings. The van der Waals surface area contributed by atoms with Gasteiger partial charge < -0.3 is 10.8 Å². The van der Waals surface area contributed by atoms with E-state index >= 15 is 0 Å². The topological polar surface area (TPSA) is 101 Å². The largest absolute Gasteiger partial charge is 0.480 e. The molecule has 0 saturated heterocycles. The van der Waals surface area contributed by atoms with Crippen LogP contribution in [0, 0.1) is 5.92 Å². The maximum absolute atomic E-state index is 13.1. The molecule has 0 aliphatic rings. The number of benzene rings is 1. The minimum absolute atomic E-state index is 0.0149. The van der Waals surface area contributed by atoms with Crippen LogP contribution in [0.15, 0.2) is 29.2 Å². The number of carboxylic acids is 1. The molecule has 1 atom stereocenters. The lowest BCUT2D eigenvalue weighted by molar-refractivity contribution is -0.141. The lowest BCUT2D eigenvalue weighted by Crippen LogP contribution is -2.46. The fourth-order valence-corrected chi connectivity index (χ4v) is 4.43. The minimum atomic E-state index is -3.88. The summed E-state index contributed by atoms with van der Waals surface area (Å²) < 4.78 is 27.3. The van der Waals surface area contributed by atoms with Crippen molar-refractivity contribution in [3.63, 3.8) is 0 Å². The third-order valence-corrected chi connectivity index (χ3v) is 5.94. The summed E-state index contributed by atoms with van der Waals surface area (Å²) in [5.74, 6) is -1.10. The first-order valence-corrected chi connectivity index (χ1v) is 10.2. The molecule has 0 saturated carbocycles. The van der Waals surface area contributed by atoms with Crippen LogP contribution in [0.3, 0.4) is 0 Å². The predicted octanol–water partition coefficient (Wildman–Crippen LogP) is 2.48. The Hall–Kier alpha value is -1.44. The molecule has 3 N–H and O–H groups in total. The van der Waals surface area contributed by atoms with Crippen LogP contribution in [-0.2, 0) is 21.2 Å². The van der Waals surface area contributed by atoms with E-state index in [0.717, 1.165) is 16.3 Å². The number of aryl methyl sites for hydroxylation is 1. The third-order valence-electron chi connectivity index (χ3n) is 4.05. The van der Waals surface area contributed by atoms with Crippen LogP contribution in [0.5, 0.6) is 0 Å². The van der Waals surface area contributed by atoms with Gasteiger partial charge in [-0.15, -0.1) is 0 Å². The molecule has 1 rings (SSSR count). The summed E-state index contributed by atoms with van der Waals surface area (Å²) in [6.45, 7) is 6.37. The van der Waals surface area contributed by atoms with E-state index in [0.29, 0.717) is 19.4 Å². The maximum Gasteiger partial charge on any atom is 0.322 e. The Balaban J connectivity index is 3.21. The molecule has 0 aliphatic heterocycles. The van der Waals surface area contributed by atoms with Crippen molar-refractivity contribution >= 4 is 16.0 Å². The number of nitrogens with two attached hydrogens (primary N) is 1. The van der Waals surface area contributed by atoms with Gasteiger partial charge in [-0.3, -0.25) is 4.79 Å². The molecule has 0 bridgehead atoms. The molecule has 0 spiro atoms. The van der Waals surface area contributed by atoms with E-state index in [2.05, 4.69) is 0 Å². The highest BCUT2D eigenvalue weighted by atomic mass is 32.2. The van der Waals surface area contributed by atoms with Crippen molar-refractivity contribution in [2.45, 2.75) is 57.4 Å². The fraction of sp³-hybridized carbons (Fsp3) is 0.611. The van der Waals surface area contributed by atoms with Gasteiger partial charge in [0.25, 0.3) is 0 Å². The molecule has 7 heteroatoms. The molecule has 0 amide bonds. The summed E-state index contributed by atoms with van der Waals surface area (Å²) in [5.41, 5.74) is 6.51. The standard InChI is InChI=1S/C18H30N2O4S/c1-4-15-8-10-16(11-9-15)25(23,24)20(13-14(2)3)17(18(21)22)7-5-6-12-19/h8-11,14,17H,4-7,12-13,19H2,1-3H3,(H,21,22)/t17-/m0/s1. The summed E-state index contributed by atoms with van der Waals surface area (Å²) >= 11 is 0. The molecular formula is C18H30N2O4S. The monoisotopic (exact) mass is 370 g/mol. The summed E-state index contributed by atoms with van der Waals surface area (Å²) in [5, 5.41) is 9.61. The highest BCUT2D eigenvalue weighted by molar-refractivity contribution is 7.89. The number of hydrogen-bond donors (Lipinski definition) is 2. The molecule has 0 heterocycles. The number of sulfonamides is 1. The van der Waals surface area contributed by atoms with Gasteiger partial charge in [0.1, 0.15) is 6.04 Å². The Morgan fingerprint density at radius 3 is 2.24 bits per heavy atom. The molecule has 1 aromatic carbocycles. The Labute approximate surface area is 151 Å². The number of hydrogen-bond acceptors (Lipinski definition) is 4. The van der Waals surface area contributed by atoms with Crippen LogP contribution in [0.2, 0.25) is 0 Å². The number of carboxylic acid groups (broad SMARTS) is 1. The zero-order valence-corrected chi connectivity index (χ0v) is 16.1. The first-order chi connectivity index (χ1) is 11.7. The van der Waals surface area contributed by atoms with Crippen LogP contribution in [0.25, 0.3) is 0 Å². The van der Waals surface area contributed by atoms with E-state index in [9.17, 15) is 18.3 Å². The zero-order chi connectivity index (χ0) is 19.0. The van der Waals surface area contributed by atoms with Gasteiger partial charge in [0, 0.05) is 6.54 Å². The molecule has 0 fully saturated rings. The van der Waals surface area contributed by atoms with Crippen molar-refractivity contribution < 1.29 is 18.3 Å². The van der Waals surface area contributed by atoms with Crippen LogP contribution < -0.4 is 5.73 Å². The van der Waals surface area contributed by atoms with Gasteiger partial charge in [0.05, 0.1) is 4.90 Å². The number of rotatable bonds is 11. The van der Waals surface area contributed by atoms with Gasteiger partial charge in [-0.05, 0) is 55.8 Å². The summed E-state index contributed by atoms with van der Waals surface area (Å²) in [6.07, 6.45) is 2.31. The summed E-state index contributed by atoms with van der Waals surface area (Å²) in [4.78, 5) is 11.9. The smallest absolute Gasteiger partial charge is 0.322 e. The van der Waals surface area contributed by atoms with E-state index in [1.54, 1.807) is 24.3 Å². The Kier molecular flexibility index (Phi) is 8.55. The lowest BCUT2D eigenvalue weighted by Gasteiger charge is -2.29. The van der Waals surface area contributed by atoms with E-state index in [1.165, 1.54) is 0 Å². The quantitative estimate of drug-likeness (QED) is 0.583. The average Bonchev–Trinajstić information content (AvgIpc) is 2.56. The predicted molar refractivity (Wildman–Crippen MR) is 98.9 cm³/mol. The van der Waals surface area contributed by atoms with Gasteiger partial charge in [0.15, 0.2) is 0 Å². The van der Waals surface area contributed by atoms with Crippen LogP contribution in [0.1, 0.15) is 45.6 Å². The maximum atomic E-state index is 13.1. The van der Waals surface area contributed by atoms with Gasteiger partial charge in [0.2, 0.25) is 10.0 Å². The van der Waals surface area contributed by atoms with Crippen molar-refractivity contribution in [3.8, 4) is 0 Å². The van der Waals surface area contributed by atoms with E-state index in [4.69, 9.17) is 5.73 Å². The van der Waals surface area contributed by atoms with Crippen molar-refractivity contribution in [1.29, 1.82) is 0 Å². The SMILES string of the molecule is CCc1ccc(S(=O)(=O)N(CC(C)C)[C@@H](CCCCN)C(=O)O)cc1. The molecule has 0 unspecified atom stereocenters. The Morgan fingerprint density at radius 1 is 1.20 bits per heavy atom. The highest BCUT2D eigenvalue weighted by Crippen LogP contribution is 2.23. The molecule has 6 nitrogen and oxygen atoms in total. The first kappa shape index (κ1) is 21.6. The number of unbranched alkanes of at least 4 members (excludes halogenated alkanes) is 1. The van der Waals surface area contributed by atoms with Gasteiger partial charge in [-0.2, -0.15) is 4.31 Å². The number of carbonyl (C=O) groups is 1. The third kappa shape index (κ3) is 6.09. The minimum Gasteiger partial charge on any atom is -0.480 e. The molecule has 0 aliphatic carbocycles. The number of nitrogens with zero attached hydrogens (tertiary/aromatic N) is 1. The molecule has 142 valence electrons. The van der Waals surface area contributed by atoms with Crippen molar-refractivity contribution in [1.82, 2.24) is 4.31 Å². The molecule has 0 aromatic heterocycles. The number of aliphatic carboxylic acids is 1. The summed E-state index contributed by atoms with van der Waals surface area (Å²) in [6, 6.07) is 5.57. The van der Waals surface area contributed by atoms with E-state index < -0.39 is 22.0 Å². The molecule has 25 heavy (non-hydrogen) atoms. The van der Waals surface area contributed by atoms with Crippen LogP contribution >= 0.6 is 0 Å². The van der Waals surface area contributed by atoms with E-state index in [1.807, 2.05) is 20.8 Å². The van der Waals surface area contributed by atoms with Crippen LogP contribution in [-0.4, -0.2) is 42.9 Å². The second-order valence-corrected chi connectivity index (χ2v) is 8.50. The van der Waals surface area contributed by atoms with E-state index in [-0.39, 0.29) is 23.8 Å². The van der Waals surface area contributed by atoms with Crippen molar-refractivity contribution in [2.24, 2.45) is 11.7 Å². The van der Waals surface area contributed by atoms with Gasteiger partial charge in [-0.25, -0.2) is 8.42 Å². The average molecular weight is 371 g/mol. The second-order valence-electron chi connectivity index (χ2n) is 6.60. The molecular weight excluding hydrogens is 340 g/mol. The lowest BCUT2D eigenvalue weighted by atomic mass is 10.1.